The van der Waals surface area contributed by atoms with Gasteiger partial charge < -0.3 is 13.8 Å². The zero-order valence-electron chi connectivity index (χ0n) is 13.0. The molecule has 1 rings (SSSR count). The monoisotopic (exact) mass is 350 g/mol. The highest BCUT2D eigenvalue weighted by Crippen LogP contribution is 2.61. The van der Waals surface area contributed by atoms with E-state index in [1.807, 2.05) is 20.8 Å². The van der Waals surface area contributed by atoms with Crippen molar-refractivity contribution < 1.29 is 13.8 Å². The lowest BCUT2D eigenvalue weighted by Gasteiger charge is -2.20. The third-order valence-corrected chi connectivity index (χ3v) is 7.91. The van der Waals surface area contributed by atoms with Crippen LogP contribution in [0.3, 0.4) is 0 Å². The molecule has 0 N–H and O–H groups in total. The highest BCUT2D eigenvalue weighted by Gasteiger charge is 2.19. The van der Waals surface area contributed by atoms with Crippen LogP contribution in [0.15, 0.2) is 6.07 Å². The number of hydrogen-bond donors (Lipinski definition) is 0. The van der Waals surface area contributed by atoms with Gasteiger partial charge in [-0.25, -0.2) is 4.98 Å². The summed E-state index contributed by atoms with van der Waals surface area (Å²) in [5.41, 5.74) is -1.54. The Morgan fingerprint density at radius 1 is 1.19 bits per heavy atom. The summed E-state index contributed by atoms with van der Waals surface area (Å²) in [6, 6.07) is 1.78. The molecular formula is C13H23N2O3PS2. The number of ether oxygens (including phenoxy) is 1. The molecule has 0 amide bonds. The van der Waals surface area contributed by atoms with Crippen molar-refractivity contribution in [3.05, 3.63) is 17.6 Å². The number of rotatable bonds is 10. The predicted octanol–water partition coefficient (Wildman–Crippen LogP) is 4.10. The average Bonchev–Trinajstić information content (AvgIpc) is 2.43. The molecular weight excluding hydrogens is 327 g/mol. The molecule has 0 radical (unpaired) electrons. The maximum Gasteiger partial charge on any atom is 0.247 e. The van der Waals surface area contributed by atoms with Crippen molar-refractivity contribution in [1.82, 2.24) is 9.97 Å². The van der Waals surface area contributed by atoms with Gasteiger partial charge in [-0.3, -0.25) is 0 Å². The summed E-state index contributed by atoms with van der Waals surface area (Å²) in [7, 11) is 0. The van der Waals surface area contributed by atoms with E-state index >= 15 is 0 Å². The van der Waals surface area contributed by atoms with Gasteiger partial charge in [-0.2, -0.15) is 4.98 Å². The van der Waals surface area contributed by atoms with Gasteiger partial charge in [0, 0.05) is 11.8 Å². The summed E-state index contributed by atoms with van der Waals surface area (Å²) in [6.07, 6.45) is 1.04. The zero-order chi connectivity index (χ0) is 15.7. The molecule has 120 valence electrons. The molecule has 1 heterocycles. The maximum atomic E-state index is 5.87. The minimum absolute atomic E-state index is 0.317. The molecule has 0 aliphatic heterocycles. The summed E-state index contributed by atoms with van der Waals surface area (Å²) < 4.78 is 16.9. The van der Waals surface area contributed by atoms with E-state index in [4.69, 9.17) is 25.6 Å². The molecule has 0 aliphatic carbocycles. The normalized spacial score (nSPS) is 13.9. The van der Waals surface area contributed by atoms with Crippen LogP contribution in [0, 0.1) is 6.92 Å². The molecule has 0 unspecified atom stereocenters. The Morgan fingerprint density at radius 2 is 1.95 bits per heavy atom. The summed E-state index contributed by atoms with van der Waals surface area (Å²) >= 11 is 7.13. The summed E-state index contributed by atoms with van der Waals surface area (Å²) in [6.45, 7) is 9.23. The quantitative estimate of drug-likeness (QED) is 0.589. The van der Waals surface area contributed by atoms with Crippen LogP contribution in [0.25, 0.3) is 0 Å². The summed E-state index contributed by atoms with van der Waals surface area (Å²) in [4.78, 5) is 8.56. The highest BCUT2D eigenvalue weighted by molar-refractivity contribution is 8.67. The summed E-state index contributed by atoms with van der Waals surface area (Å²) in [5, 5.41) is 0. The van der Waals surface area contributed by atoms with E-state index in [0.717, 1.165) is 17.9 Å². The molecule has 0 aliphatic rings. The van der Waals surface area contributed by atoms with Crippen LogP contribution in [-0.2, 0) is 27.5 Å². The van der Waals surface area contributed by atoms with Crippen LogP contribution in [0.5, 0.6) is 5.88 Å². The first-order valence-electron chi connectivity index (χ1n) is 7.04. The van der Waals surface area contributed by atoms with Gasteiger partial charge in [0.15, 0.2) is 0 Å². The average molecular weight is 350 g/mol. The molecule has 0 fully saturated rings. The zero-order valence-corrected chi connectivity index (χ0v) is 15.5. The lowest BCUT2D eigenvalue weighted by atomic mass is 10.4. The molecule has 0 aromatic carbocycles. The van der Waals surface area contributed by atoms with Crippen LogP contribution >= 0.6 is 17.1 Å². The molecule has 1 atom stereocenters. The van der Waals surface area contributed by atoms with E-state index in [2.05, 4.69) is 16.9 Å². The second kappa shape index (κ2) is 9.74. The second-order valence-corrected chi connectivity index (χ2v) is 10.6. The fourth-order valence-electron chi connectivity index (χ4n) is 1.51. The molecule has 1 aromatic heterocycles. The largest absolute Gasteiger partial charge is 0.478 e. The molecule has 21 heavy (non-hydrogen) atoms. The summed E-state index contributed by atoms with van der Waals surface area (Å²) in [5.74, 6) is 2.16. The minimum atomic E-state index is -2.30. The van der Waals surface area contributed by atoms with Gasteiger partial charge in [-0.1, -0.05) is 18.3 Å². The van der Waals surface area contributed by atoms with Gasteiger partial charge in [0.2, 0.25) is 11.6 Å². The fraction of sp³-hybridized carbons (Fsp3) is 0.692. The fourth-order valence-corrected chi connectivity index (χ4v) is 6.04. The minimum Gasteiger partial charge on any atom is -0.478 e. The van der Waals surface area contributed by atoms with E-state index < -0.39 is 5.69 Å². The third kappa shape index (κ3) is 7.06. The topological polar surface area (TPSA) is 53.5 Å². The lowest BCUT2D eigenvalue weighted by molar-refractivity contribution is 0.257. The van der Waals surface area contributed by atoms with Crippen molar-refractivity contribution in [1.29, 1.82) is 0 Å². The van der Waals surface area contributed by atoms with E-state index in [1.165, 1.54) is 0 Å². The van der Waals surface area contributed by atoms with Crippen molar-refractivity contribution in [2.45, 2.75) is 40.7 Å². The molecule has 0 bridgehead atoms. The number of nitrogens with zero attached hydrogens (tertiary/aromatic N) is 2. The van der Waals surface area contributed by atoms with Gasteiger partial charge in [0.1, 0.15) is 5.82 Å². The Morgan fingerprint density at radius 3 is 2.57 bits per heavy atom. The van der Waals surface area contributed by atoms with Crippen LogP contribution in [0.2, 0.25) is 0 Å². The van der Waals surface area contributed by atoms with E-state index in [0.29, 0.717) is 31.5 Å². The van der Waals surface area contributed by atoms with Crippen molar-refractivity contribution in [3.63, 3.8) is 0 Å². The van der Waals surface area contributed by atoms with Gasteiger partial charge in [-0.05, 0) is 39.0 Å². The second-order valence-electron chi connectivity index (χ2n) is 4.15. The molecule has 5 nitrogen and oxygen atoms in total. The number of aryl methyl sites for hydroxylation is 1. The van der Waals surface area contributed by atoms with Crippen LogP contribution in [0.4, 0.5) is 0 Å². The SMILES string of the molecule is CCCS[P@@](=S)(OCC)OCc1cc(OCC)nc(C)n1. The van der Waals surface area contributed by atoms with Crippen LogP contribution in [-0.4, -0.2) is 28.9 Å². The van der Waals surface area contributed by atoms with Gasteiger partial charge in [0.25, 0.3) is 0 Å². The first-order chi connectivity index (χ1) is 10.0. The maximum absolute atomic E-state index is 5.87. The first kappa shape index (κ1) is 18.8. The van der Waals surface area contributed by atoms with Crippen molar-refractivity contribution in [2.24, 2.45) is 0 Å². The van der Waals surface area contributed by atoms with Crippen LogP contribution in [0.1, 0.15) is 38.7 Å². The Balaban J connectivity index is 2.72. The van der Waals surface area contributed by atoms with E-state index in [-0.39, 0.29) is 0 Å². The van der Waals surface area contributed by atoms with Crippen molar-refractivity contribution >= 4 is 28.9 Å². The standard InChI is InChI=1S/C13H23N2O3PS2/c1-5-8-21-19(20,17-7-3)18-10-12-9-13(16-6-2)15-11(4)14-12/h9H,5-8,10H2,1-4H3/t19-/m0/s1. The van der Waals surface area contributed by atoms with E-state index in [9.17, 15) is 0 Å². The Labute approximate surface area is 136 Å². The Bertz CT molecular complexity index is 488. The van der Waals surface area contributed by atoms with Crippen LogP contribution < -0.4 is 4.74 Å². The predicted molar refractivity (Wildman–Crippen MR) is 91.4 cm³/mol. The lowest BCUT2D eigenvalue weighted by Crippen LogP contribution is -2.02. The van der Waals surface area contributed by atoms with Gasteiger partial charge in [0.05, 0.1) is 25.5 Å². The Hall–Kier alpha value is -0.200. The number of aromatic nitrogens is 2. The molecule has 8 heteroatoms. The highest BCUT2D eigenvalue weighted by atomic mass is 32.9. The van der Waals surface area contributed by atoms with E-state index in [1.54, 1.807) is 17.4 Å². The molecule has 0 saturated heterocycles. The number of hydrogen-bond acceptors (Lipinski definition) is 7. The first-order valence-corrected chi connectivity index (χ1v) is 11.3. The smallest absolute Gasteiger partial charge is 0.247 e. The van der Waals surface area contributed by atoms with Gasteiger partial charge >= 0.3 is 0 Å². The molecule has 1 aromatic rings. The third-order valence-electron chi connectivity index (χ3n) is 2.27. The van der Waals surface area contributed by atoms with Gasteiger partial charge in [-0.15, -0.1) is 0 Å². The molecule has 0 spiro atoms. The molecule has 0 saturated carbocycles. The van der Waals surface area contributed by atoms with Crippen molar-refractivity contribution in [3.8, 4) is 5.88 Å². The Kier molecular flexibility index (Phi) is 8.74. The van der Waals surface area contributed by atoms with Crippen molar-refractivity contribution in [2.75, 3.05) is 19.0 Å².